The van der Waals surface area contributed by atoms with Gasteiger partial charge in [0.2, 0.25) is 0 Å². The number of halogens is 3. The summed E-state index contributed by atoms with van der Waals surface area (Å²) in [7, 11) is -3.73. The summed E-state index contributed by atoms with van der Waals surface area (Å²) in [6, 6.07) is 10.4. The Morgan fingerprint density at radius 1 is 1.16 bits per heavy atom. The SMILES string of the molecule is O=S(=O)(c1ccc(Cl)cc1)N1CCN=C1SCc1c(F)cccc1Cl. The lowest BCUT2D eigenvalue weighted by Gasteiger charge is -2.20. The average molecular weight is 419 g/mol. The molecule has 0 bridgehead atoms. The number of benzene rings is 2. The van der Waals surface area contributed by atoms with Gasteiger partial charge in [-0.2, -0.15) is 0 Å². The monoisotopic (exact) mass is 418 g/mol. The van der Waals surface area contributed by atoms with E-state index in [0.29, 0.717) is 27.3 Å². The van der Waals surface area contributed by atoms with Crippen LogP contribution >= 0.6 is 35.0 Å². The molecular formula is C16H13Cl2FN2O2S2. The molecule has 0 amide bonds. The van der Waals surface area contributed by atoms with E-state index in [0.717, 1.165) is 11.8 Å². The van der Waals surface area contributed by atoms with Crippen LogP contribution in [0.3, 0.4) is 0 Å². The third-order valence-corrected chi connectivity index (χ3v) is 7.14. The first-order chi connectivity index (χ1) is 11.9. The van der Waals surface area contributed by atoms with Gasteiger partial charge in [-0.3, -0.25) is 4.99 Å². The summed E-state index contributed by atoms with van der Waals surface area (Å²) < 4.78 is 40.7. The molecule has 2 aromatic rings. The largest absolute Gasteiger partial charge is 0.265 e. The number of nitrogens with zero attached hydrogens (tertiary/aromatic N) is 2. The predicted octanol–water partition coefficient (Wildman–Crippen LogP) is 4.43. The van der Waals surface area contributed by atoms with Gasteiger partial charge in [-0.15, -0.1) is 0 Å². The Labute approximate surface area is 159 Å². The summed E-state index contributed by atoms with van der Waals surface area (Å²) in [5.41, 5.74) is 0.326. The van der Waals surface area contributed by atoms with E-state index in [-0.39, 0.29) is 17.2 Å². The Morgan fingerprint density at radius 3 is 2.56 bits per heavy atom. The summed E-state index contributed by atoms with van der Waals surface area (Å²) in [6.45, 7) is 0.610. The number of amidine groups is 1. The van der Waals surface area contributed by atoms with Crippen molar-refractivity contribution in [1.29, 1.82) is 0 Å². The first-order valence-corrected chi connectivity index (χ1v) is 10.5. The van der Waals surface area contributed by atoms with Gasteiger partial charge in [0.15, 0.2) is 5.17 Å². The third kappa shape index (κ3) is 3.95. The predicted molar refractivity (Wildman–Crippen MR) is 100 cm³/mol. The quantitative estimate of drug-likeness (QED) is 0.737. The summed E-state index contributed by atoms with van der Waals surface area (Å²) in [5.74, 6) is -0.234. The van der Waals surface area contributed by atoms with Gasteiger partial charge in [-0.05, 0) is 36.4 Å². The Hall–Kier alpha value is -1.28. The average Bonchev–Trinajstić information content (AvgIpc) is 3.04. The van der Waals surface area contributed by atoms with Crippen LogP contribution in [0.4, 0.5) is 4.39 Å². The van der Waals surface area contributed by atoms with Crippen LogP contribution in [0.5, 0.6) is 0 Å². The number of aliphatic imine (C=N–C) groups is 1. The minimum atomic E-state index is -3.73. The molecule has 25 heavy (non-hydrogen) atoms. The molecule has 0 radical (unpaired) electrons. The number of thioether (sulfide) groups is 1. The van der Waals surface area contributed by atoms with E-state index in [9.17, 15) is 12.8 Å². The number of rotatable bonds is 4. The van der Waals surface area contributed by atoms with Gasteiger partial charge < -0.3 is 0 Å². The van der Waals surface area contributed by atoms with E-state index in [1.165, 1.54) is 40.7 Å². The highest BCUT2D eigenvalue weighted by Crippen LogP contribution is 2.29. The molecule has 1 aliphatic heterocycles. The molecule has 0 atom stereocenters. The van der Waals surface area contributed by atoms with E-state index in [1.54, 1.807) is 6.07 Å². The minimum absolute atomic E-state index is 0.135. The van der Waals surface area contributed by atoms with Crippen LogP contribution in [0, 0.1) is 5.82 Å². The second-order valence-electron chi connectivity index (χ2n) is 5.18. The molecule has 0 N–H and O–H groups in total. The Balaban J connectivity index is 1.80. The molecule has 4 nitrogen and oxygen atoms in total. The van der Waals surface area contributed by atoms with Crippen LogP contribution in [0.2, 0.25) is 10.0 Å². The molecule has 1 heterocycles. The lowest BCUT2D eigenvalue weighted by molar-refractivity contribution is 0.540. The molecule has 0 saturated heterocycles. The highest BCUT2D eigenvalue weighted by Gasteiger charge is 2.31. The van der Waals surface area contributed by atoms with Crippen molar-refractivity contribution >= 4 is 50.2 Å². The van der Waals surface area contributed by atoms with Crippen molar-refractivity contribution in [3.63, 3.8) is 0 Å². The fraction of sp³-hybridized carbons (Fsp3) is 0.188. The molecule has 132 valence electrons. The van der Waals surface area contributed by atoms with Crippen LogP contribution in [0.15, 0.2) is 52.4 Å². The lowest BCUT2D eigenvalue weighted by Crippen LogP contribution is -2.32. The van der Waals surface area contributed by atoms with E-state index in [2.05, 4.69) is 4.99 Å². The maximum absolute atomic E-state index is 13.9. The Kier molecular flexibility index (Phi) is 5.58. The van der Waals surface area contributed by atoms with Crippen LogP contribution in [-0.2, 0) is 15.8 Å². The van der Waals surface area contributed by atoms with Gasteiger partial charge in [0.05, 0.1) is 18.0 Å². The topological polar surface area (TPSA) is 49.7 Å². The van der Waals surface area contributed by atoms with Crippen molar-refractivity contribution in [2.75, 3.05) is 13.1 Å². The van der Waals surface area contributed by atoms with Gasteiger partial charge >= 0.3 is 0 Å². The zero-order valence-electron chi connectivity index (χ0n) is 12.8. The number of hydrogen-bond donors (Lipinski definition) is 0. The Morgan fingerprint density at radius 2 is 1.88 bits per heavy atom. The molecule has 1 aliphatic rings. The summed E-state index contributed by atoms with van der Waals surface area (Å²) in [6.07, 6.45) is 0. The summed E-state index contributed by atoms with van der Waals surface area (Å²) in [4.78, 5) is 4.37. The van der Waals surface area contributed by atoms with Crippen molar-refractivity contribution in [3.05, 3.63) is 63.9 Å². The lowest BCUT2D eigenvalue weighted by atomic mass is 10.2. The van der Waals surface area contributed by atoms with Gasteiger partial charge in [0, 0.05) is 21.4 Å². The van der Waals surface area contributed by atoms with Crippen molar-refractivity contribution in [3.8, 4) is 0 Å². The first-order valence-electron chi connectivity index (χ1n) is 7.28. The zero-order valence-corrected chi connectivity index (χ0v) is 16.0. The third-order valence-electron chi connectivity index (χ3n) is 3.57. The van der Waals surface area contributed by atoms with Gasteiger partial charge in [-0.25, -0.2) is 17.1 Å². The number of hydrogen-bond acceptors (Lipinski definition) is 4. The van der Waals surface area contributed by atoms with Crippen LogP contribution in [0.25, 0.3) is 0 Å². The molecular weight excluding hydrogens is 406 g/mol. The second-order valence-corrected chi connectivity index (χ2v) is 8.83. The van der Waals surface area contributed by atoms with Crippen molar-refractivity contribution in [2.45, 2.75) is 10.6 Å². The van der Waals surface area contributed by atoms with Crippen molar-refractivity contribution in [1.82, 2.24) is 4.31 Å². The van der Waals surface area contributed by atoms with Crippen LogP contribution in [0.1, 0.15) is 5.56 Å². The van der Waals surface area contributed by atoms with Crippen molar-refractivity contribution in [2.24, 2.45) is 4.99 Å². The Bertz CT molecular complexity index is 898. The van der Waals surface area contributed by atoms with Gasteiger partial charge in [0.25, 0.3) is 10.0 Å². The maximum atomic E-state index is 13.9. The minimum Gasteiger partial charge on any atom is -0.260 e. The van der Waals surface area contributed by atoms with Crippen LogP contribution in [-0.4, -0.2) is 31.0 Å². The molecule has 0 saturated carbocycles. The smallest absolute Gasteiger partial charge is 0.260 e. The normalized spacial score (nSPS) is 14.7. The standard InChI is InChI=1S/C16H13Cl2FN2O2S2/c17-11-4-6-12(7-5-11)25(22,23)21-9-8-20-16(21)24-10-13-14(18)2-1-3-15(13)19/h1-7H,8-10H2. The highest BCUT2D eigenvalue weighted by atomic mass is 35.5. The molecule has 3 rings (SSSR count). The molecule has 9 heteroatoms. The number of sulfonamides is 1. The molecule has 0 aromatic heterocycles. The fourth-order valence-corrected chi connectivity index (χ4v) is 5.48. The van der Waals surface area contributed by atoms with Gasteiger partial charge in [0.1, 0.15) is 5.82 Å². The van der Waals surface area contributed by atoms with Gasteiger partial charge in [-0.1, -0.05) is 41.0 Å². The van der Waals surface area contributed by atoms with E-state index >= 15 is 0 Å². The maximum Gasteiger partial charge on any atom is 0.265 e. The fourth-order valence-electron chi connectivity index (χ4n) is 2.29. The molecule has 0 fully saturated rings. The van der Waals surface area contributed by atoms with Crippen LogP contribution < -0.4 is 0 Å². The van der Waals surface area contributed by atoms with E-state index in [4.69, 9.17) is 23.2 Å². The zero-order chi connectivity index (χ0) is 18.0. The summed E-state index contributed by atoms with van der Waals surface area (Å²) in [5, 5.41) is 1.09. The van der Waals surface area contributed by atoms with E-state index in [1.807, 2.05) is 0 Å². The van der Waals surface area contributed by atoms with E-state index < -0.39 is 15.8 Å². The summed E-state index contributed by atoms with van der Waals surface area (Å²) >= 11 is 13.0. The highest BCUT2D eigenvalue weighted by molar-refractivity contribution is 8.14. The molecule has 0 spiro atoms. The first kappa shape index (κ1) is 18.5. The van der Waals surface area contributed by atoms with Crippen molar-refractivity contribution < 1.29 is 12.8 Å². The molecule has 0 aliphatic carbocycles. The second kappa shape index (κ2) is 7.53. The molecule has 0 unspecified atom stereocenters. The molecule has 2 aromatic carbocycles.